The Bertz CT molecular complexity index is 758. The van der Waals surface area contributed by atoms with Crippen LogP contribution in [0.2, 0.25) is 0 Å². The molecule has 2 amide bonds. The number of nitrogens with zero attached hydrogens (tertiary/aromatic N) is 2. The molecule has 1 aliphatic heterocycles. The number of urea groups is 1. The Hall–Kier alpha value is -2.38. The minimum Gasteiger partial charge on any atom is -0.394 e. The van der Waals surface area contributed by atoms with Gasteiger partial charge >= 0.3 is 6.03 Å². The number of amides is 2. The summed E-state index contributed by atoms with van der Waals surface area (Å²) in [4.78, 5) is 12.3. The third kappa shape index (κ3) is 3.83. The quantitative estimate of drug-likeness (QED) is 0.792. The van der Waals surface area contributed by atoms with Crippen LogP contribution in [-0.2, 0) is 4.74 Å². The van der Waals surface area contributed by atoms with Crippen molar-refractivity contribution >= 4 is 11.8 Å². The minimum atomic E-state index is -0.713. The van der Waals surface area contributed by atoms with Gasteiger partial charge in [0.05, 0.1) is 24.4 Å². The maximum absolute atomic E-state index is 12.3. The van der Waals surface area contributed by atoms with E-state index in [1.165, 1.54) is 0 Å². The summed E-state index contributed by atoms with van der Waals surface area (Å²) in [6, 6.07) is 7.62. The van der Waals surface area contributed by atoms with Gasteiger partial charge in [0.1, 0.15) is 0 Å². The molecule has 25 heavy (non-hydrogen) atoms. The van der Waals surface area contributed by atoms with Gasteiger partial charge in [-0.15, -0.1) is 5.10 Å². The molecule has 0 radical (unpaired) electrons. The van der Waals surface area contributed by atoms with Gasteiger partial charge in [0.15, 0.2) is 5.82 Å². The van der Waals surface area contributed by atoms with Crippen LogP contribution >= 0.6 is 0 Å². The fraction of sp³-hybridized carbons (Fsp3) is 0.444. The van der Waals surface area contributed by atoms with Gasteiger partial charge in [-0.05, 0) is 50.5 Å². The summed E-state index contributed by atoms with van der Waals surface area (Å²) >= 11 is 0. The molecule has 7 nitrogen and oxygen atoms in total. The molecule has 1 atom stereocenters. The summed E-state index contributed by atoms with van der Waals surface area (Å²) < 4.78 is 7.09. The molecule has 1 saturated heterocycles. The van der Waals surface area contributed by atoms with Crippen LogP contribution in [0.3, 0.4) is 0 Å². The SMILES string of the molecule is Cc1cc(C)cc(-n2nc(NC(=O)NC3(CO)CCOC3)cc2C)c1. The van der Waals surface area contributed by atoms with E-state index in [4.69, 9.17) is 4.74 Å². The number of aromatic nitrogens is 2. The summed E-state index contributed by atoms with van der Waals surface area (Å²) in [6.07, 6.45) is 0.590. The van der Waals surface area contributed by atoms with E-state index >= 15 is 0 Å². The Balaban J connectivity index is 1.75. The van der Waals surface area contributed by atoms with Crippen LogP contribution < -0.4 is 10.6 Å². The molecule has 1 aliphatic rings. The third-order valence-electron chi connectivity index (χ3n) is 4.36. The standard InChI is InChI=1S/C18H24N4O3/c1-12-6-13(2)8-15(7-12)22-14(3)9-16(21-22)19-17(24)20-18(10-23)4-5-25-11-18/h6-9,23H,4-5,10-11H2,1-3H3,(H2,19,20,21,24). The Morgan fingerprint density at radius 3 is 2.60 bits per heavy atom. The highest BCUT2D eigenvalue weighted by molar-refractivity contribution is 5.88. The number of aliphatic hydroxyl groups excluding tert-OH is 1. The molecule has 134 valence electrons. The molecule has 3 rings (SSSR count). The average Bonchev–Trinajstić information content (AvgIpc) is 3.13. The second-order valence-electron chi connectivity index (χ2n) is 6.75. The lowest BCUT2D eigenvalue weighted by atomic mass is 10.0. The summed E-state index contributed by atoms with van der Waals surface area (Å²) in [5.41, 5.74) is 3.47. The average molecular weight is 344 g/mol. The van der Waals surface area contributed by atoms with Crippen molar-refractivity contribution in [2.45, 2.75) is 32.7 Å². The van der Waals surface area contributed by atoms with Crippen LogP contribution in [0.1, 0.15) is 23.2 Å². The van der Waals surface area contributed by atoms with Gasteiger partial charge < -0.3 is 15.2 Å². The van der Waals surface area contributed by atoms with Gasteiger partial charge in [0.2, 0.25) is 0 Å². The number of carbonyl (C=O) groups is 1. The zero-order chi connectivity index (χ0) is 18.0. The summed E-state index contributed by atoms with van der Waals surface area (Å²) in [7, 11) is 0. The van der Waals surface area contributed by atoms with Gasteiger partial charge in [0.25, 0.3) is 0 Å². The second-order valence-corrected chi connectivity index (χ2v) is 6.75. The minimum absolute atomic E-state index is 0.156. The molecule has 3 N–H and O–H groups in total. The summed E-state index contributed by atoms with van der Waals surface area (Å²) in [5.74, 6) is 0.459. The van der Waals surface area contributed by atoms with Crippen LogP contribution in [0.25, 0.3) is 5.69 Å². The van der Waals surface area contributed by atoms with E-state index in [2.05, 4.69) is 21.8 Å². The van der Waals surface area contributed by atoms with Crippen molar-refractivity contribution in [1.29, 1.82) is 0 Å². The lowest BCUT2D eigenvalue weighted by molar-refractivity contribution is 0.126. The number of carbonyl (C=O) groups excluding carboxylic acids is 1. The largest absolute Gasteiger partial charge is 0.394 e. The number of anilines is 1. The van der Waals surface area contributed by atoms with Gasteiger partial charge in [-0.2, -0.15) is 0 Å². The third-order valence-corrected chi connectivity index (χ3v) is 4.36. The van der Waals surface area contributed by atoms with Crippen LogP contribution in [0, 0.1) is 20.8 Å². The fourth-order valence-electron chi connectivity index (χ4n) is 3.13. The molecule has 0 aliphatic carbocycles. The molecule has 0 bridgehead atoms. The van der Waals surface area contributed by atoms with Crippen LogP contribution in [0.15, 0.2) is 24.3 Å². The maximum atomic E-state index is 12.3. The van der Waals surface area contributed by atoms with E-state index in [9.17, 15) is 9.90 Å². The fourth-order valence-corrected chi connectivity index (χ4v) is 3.13. The molecular weight excluding hydrogens is 320 g/mol. The van der Waals surface area contributed by atoms with Gasteiger partial charge in [-0.3, -0.25) is 5.32 Å². The molecule has 1 unspecified atom stereocenters. The van der Waals surface area contributed by atoms with E-state index in [0.29, 0.717) is 25.5 Å². The van der Waals surface area contributed by atoms with E-state index in [0.717, 1.165) is 22.5 Å². The van der Waals surface area contributed by atoms with Crippen molar-refractivity contribution in [2.75, 3.05) is 25.1 Å². The lowest BCUT2D eigenvalue weighted by Crippen LogP contribution is -2.53. The number of rotatable bonds is 4. The molecule has 1 aromatic heterocycles. The van der Waals surface area contributed by atoms with E-state index in [1.807, 2.05) is 39.0 Å². The smallest absolute Gasteiger partial charge is 0.321 e. The molecule has 1 fully saturated rings. The molecule has 0 saturated carbocycles. The first-order valence-electron chi connectivity index (χ1n) is 8.34. The van der Waals surface area contributed by atoms with Crippen LogP contribution in [-0.4, -0.2) is 46.3 Å². The lowest BCUT2D eigenvalue weighted by Gasteiger charge is -2.25. The Kier molecular flexibility index (Phi) is 4.78. The number of benzene rings is 1. The maximum Gasteiger partial charge on any atom is 0.321 e. The number of hydrogen-bond donors (Lipinski definition) is 3. The van der Waals surface area contributed by atoms with E-state index in [1.54, 1.807) is 4.68 Å². The topological polar surface area (TPSA) is 88.4 Å². The van der Waals surface area contributed by atoms with E-state index < -0.39 is 11.6 Å². The summed E-state index contributed by atoms with van der Waals surface area (Å²) in [5, 5.41) is 19.6. The molecule has 0 spiro atoms. The van der Waals surface area contributed by atoms with Crippen molar-refractivity contribution in [3.8, 4) is 5.69 Å². The van der Waals surface area contributed by atoms with Crippen molar-refractivity contribution in [3.63, 3.8) is 0 Å². The van der Waals surface area contributed by atoms with E-state index in [-0.39, 0.29) is 6.61 Å². The van der Waals surface area contributed by atoms with Gasteiger partial charge in [-0.1, -0.05) is 6.07 Å². The Morgan fingerprint density at radius 2 is 2.00 bits per heavy atom. The molecule has 1 aromatic carbocycles. The molecule has 7 heteroatoms. The zero-order valence-electron chi connectivity index (χ0n) is 14.8. The first-order chi connectivity index (χ1) is 11.9. The Labute approximate surface area is 147 Å². The van der Waals surface area contributed by atoms with Crippen molar-refractivity contribution in [3.05, 3.63) is 41.1 Å². The monoisotopic (exact) mass is 344 g/mol. The number of aliphatic hydroxyl groups is 1. The van der Waals surface area contributed by atoms with Crippen molar-refractivity contribution in [1.82, 2.24) is 15.1 Å². The first kappa shape index (κ1) is 17.4. The molecular formula is C18H24N4O3. The normalized spacial score (nSPS) is 19.8. The number of nitrogens with one attached hydrogen (secondary N) is 2. The first-order valence-corrected chi connectivity index (χ1v) is 8.34. The molecule has 2 aromatic rings. The number of aryl methyl sites for hydroxylation is 3. The van der Waals surface area contributed by atoms with Gasteiger partial charge in [0, 0.05) is 18.4 Å². The predicted molar refractivity (Wildman–Crippen MR) is 95.2 cm³/mol. The van der Waals surface area contributed by atoms with Gasteiger partial charge in [-0.25, -0.2) is 9.48 Å². The highest BCUT2D eigenvalue weighted by Crippen LogP contribution is 2.20. The molecule has 2 heterocycles. The summed E-state index contributed by atoms with van der Waals surface area (Å²) in [6.45, 7) is 6.71. The zero-order valence-corrected chi connectivity index (χ0v) is 14.8. The predicted octanol–water partition coefficient (Wildman–Crippen LogP) is 2.07. The van der Waals surface area contributed by atoms with Crippen LogP contribution in [0.4, 0.5) is 10.6 Å². The van der Waals surface area contributed by atoms with Crippen LogP contribution in [0.5, 0.6) is 0 Å². The van der Waals surface area contributed by atoms with Crippen molar-refractivity contribution in [2.24, 2.45) is 0 Å². The highest BCUT2D eigenvalue weighted by atomic mass is 16.5. The highest BCUT2D eigenvalue weighted by Gasteiger charge is 2.36. The number of ether oxygens (including phenoxy) is 1. The number of hydrogen-bond acceptors (Lipinski definition) is 4. The van der Waals surface area contributed by atoms with Crippen molar-refractivity contribution < 1.29 is 14.6 Å². The Morgan fingerprint density at radius 1 is 1.28 bits per heavy atom. The second kappa shape index (κ2) is 6.85.